The molecule has 1 aliphatic rings. The highest BCUT2D eigenvalue weighted by atomic mass is 16.5. The zero-order valence-electron chi connectivity index (χ0n) is 11.4. The third-order valence-electron chi connectivity index (χ3n) is 3.79. The van der Waals surface area contributed by atoms with Gasteiger partial charge in [-0.1, -0.05) is 24.6 Å². The van der Waals surface area contributed by atoms with E-state index in [1.54, 1.807) is 7.11 Å². The predicted octanol–water partition coefficient (Wildman–Crippen LogP) is 1.48. The maximum Gasteiger partial charge on any atom is 0.224 e. The highest BCUT2D eigenvalue weighted by molar-refractivity contribution is 5.79. The Morgan fingerprint density at radius 1 is 1.42 bits per heavy atom. The van der Waals surface area contributed by atoms with Gasteiger partial charge in [0.25, 0.3) is 0 Å². The predicted molar refractivity (Wildman–Crippen MR) is 75.0 cm³/mol. The Morgan fingerprint density at radius 3 is 2.89 bits per heavy atom. The van der Waals surface area contributed by atoms with Crippen molar-refractivity contribution in [1.82, 2.24) is 5.32 Å². The van der Waals surface area contributed by atoms with Crippen LogP contribution in [0.25, 0.3) is 0 Å². The van der Waals surface area contributed by atoms with Gasteiger partial charge in [0.1, 0.15) is 5.75 Å². The summed E-state index contributed by atoms with van der Waals surface area (Å²) in [6.45, 7) is 0.627. The average molecular weight is 262 g/mol. The fraction of sp³-hybridized carbons (Fsp3) is 0.533. The van der Waals surface area contributed by atoms with Crippen LogP contribution in [0.5, 0.6) is 5.75 Å². The van der Waals surface area contributed by atoms with Gasteiger partial charge in [0.15, 0.2) is 0 Å². The first-order valence-corrected chi connectivity index (χ1v) is 6.87. The van der Waals surface area contributed by atoms with Crippen LogP contribution in [-0.4, -0.2) is 25.6 Å². The number of nitrogens with one attached hydrogen (secondary N) is 1. The van der Waals surface area contributed by atoms with E-state index < -0.39 is 0 Å². The molecule has 4 nitrogen and oxygen atoms in total. The van der Waals surface area contributed by atoms with Gasteiger partial charge < -0.3 is 15.8 Å². The number of amides is 1. The molecular formula is C15H22N2O2. The number of rotatable bonds is 5. The number of nitrogens with two attached hydrogens (primary N) is 1. The van der Waals surface area contributed by atoms with Crippen molar-refractivity contribution < 1.29 is 9.53 Å². The summed E-state index contributed by atoms with van der Waals surface area (Å²) in [5.41, 5.74) is 7.04. The van der Waals surface area contributed by atoms with Crippen LogP contribution in [0.2, 0.25) is 0 Å². The first-order chi connectivity index (χ1) is 9.22. The molecule has 2 rings (SSSR count). The summed E-state index contributed by atoms with van der Waals surface area (Å²) in [5, 5.41) is 2.98. The van der Waals surface area contributed by atoms with E-state index in [4.69, 9.17) is 10.5 Å². The smallest absolute Gasteiger partial charge is 0.224 e. The van der Waals surface area contributed by atoms with Gasteiger partial charge in [-0.2, -0.15) is 0 Å². The molecule has 0 aromatic heterocycles. The fourth-order valence-corrected chi connectivity index (χ4v) is 2.68. The molecule has 4 heteroatoms. The number of methoxy groups -OCH3 is 1. The van der Waals surface area contributed by atoms with E-state index in [1.165, 1.54) is 0 Å². The largest absolute Gasteiger partial charge is 0.496 e. The molecule has 0 bridgehead atoms. The Kier molecular flexibility index (Phi) is 4.80. The molecule has 1 aromatic carbocycles. The lowest BCUT2D eigenvalue weighted by molar-refractivity contribution is -0.125. The zero-order valence-corrected chi connectivity index (χ0v) is 11.4. The van der Waals surface area contributed by atoms with E-state index in [-0.39, 0.29) is 17.9 Å². The molecule has 0 radical (unpaired) electrons. The molecule has 2 atom stereocenters. The van der Waals surface area contributed by atoms with Crippen LogP contribution in [0.15, 0.2) is 24.3 Å². The van der Waals surface area contributed by atoms with Gasteiger partial charge in [0.2, 0.25) is 5.91 Å². The summed E-state index contributed by atoms with van der Waals surface area (Å²) in [6.07, 6.45) is 3.72. The topological polar surface area (TPSA) is 64.3 Å². The Morgan fingerprint density at radius 2 is 2.21 bits per heavy atom. The molecule has 1 aromatic rings. The standard InChI is InChI=1S/C15H22N2O2/c1-19-14-8-3-2-5-11(14)9-10-17-15(18)12-6-4-7-13(12)16/h2-3,5,8,12-13H,4,6-7,9-10,16H2,1H3,(H,17,18). The van der Waals surface area contributed by atoms with Crippen molar-refractivity contribution in [2.75, 3.05) is 13.7 Å². The molecule has 1 amide bonds. The number of ether oxygens (including phenoxy) is 1. The van der Waals surface area contributed by atoms with E-state index in [1.807, 2.05) is 24.3 Å². The van der Waals surface area contributed by atoms with Crippen LogP contribution in [0.4, 0.5) is 0 Å². The summed E-state index contributed by atoms with van der Waals surface area (Å²) in [7, 11) is 1.66. The molecule has 104 valence electrons. The third-order valence-corrected chi connectivity index (χ3v) is 3.79. The lowest BCUT2D eigenvalue weighted by Crippen LogP contribution is -2.39. The molecule has 0 saturated heterocycles. The van der Waals surface area contributed by atoms with Gasteiger partial charge in [0.05, 0.1) is 13.0 Å². The summed E-state index contributed by atoms with van der Waals surface area (Å²) >= 11 is 0. The van der Waals surface area contributed by atoms with Gasteiger partial charge in [-0.05, 0) is 30.9 Å². The van der Waals surface area contributed by atoms with Gasteiger partial charge in [-0.15, -0.1) is 0 Å². The van der Waals surface area contributed by atoms with Gasteiger partial charge in [-0.3, -0.25) is 4.79 Å². The van der Waals surface area contributed by atoms with Crippen LogP contribution in [0.3, 0.4) is 0 Å². The van der Waals surface area contributed by atoms with Crippen LogP contribution in [0.1, 0.15) is 24.8 Å². The fourth-order valence-electron chi connectivity index (χ4n) is 2.68. The first kappa shape index (κ1) is 13.9. The minimum absolute atomic E-state index is 0.00216. The van der Waals surface area contributed by atoms with Crippen molar-refractivity contribution >= 4 is 5.91 Å². The molecule has 1 fully saturated rings. The van der Waals surface area contributed by atoms with E-state index in [0.29, 0.717) is 6.54 Å². The van der Waals surface area contributed by atoms with Crippen LogP contribution in [0, 0.1) is 5.92 Å². The van der Waals surface area contributed by atoms with E-state index >= 15 is 0 Å². The molecule has 3 N–H and O–H groups in total. The van der Waals surface area contributed by atoms with Crippen LogP contribution in [-0.2, 0) is 11.2 Å². The highest BCUT2D eigenvalue weighted by Crippen LogP contribution is 2.24. The number of carbonyl (C=O) groups excluding carboxylic acids is 1. The average Bonchev–Trinajstić information content (AvgIpc) is 2.85. The van der Waals surface area contributed by atoms with Gasteiger partial charge >= 0.3 is 0 Å². The lowest BCUT2D eigenvalue weighted by Gasteiger charge is -2.15. The van der Waals surface area contributed by atoms with Crippen molar-refractivity contribution in [2.24, 2.45) is 11.7 Å². The zero-order chi connectivity index (χ0) is 13.7. The maximum atomic E-state index is 12.0. The van der Waals surface area contributed by atoms with Gasteiger partial charge in [-0.25, -0.2) is 0 Å². The molecule has 1 saturated carbocycles. The summed E-state index contributed by atoms with van der Waals surface area (Å²) in [5.74, 6) is 0.965. The summed E-state index contributed by atoms with van der Waals surface area (Å²) < 4.78 is 5.29. The van der Waals surface area contributed by atoms with Gasteiger partial charge in [0, 0.05) is 12.6 Å². The molecular weight excluding hydrogens is 240 g/mol. The minimum atomic E-state index is -0.00216. The van der Waals surface area contributed by atoms with E-state index in [0.717, 1.165) is 37.0 Å². The monoisotopic (exact) mass is 262 g/mol. The van der Waals surface area contributed by atoms with Crippen molar-refractivity contribution in [3.63, 3.8) is 0 Å². The maximum absolute atomic E-state index is 12.0. The Hall–Kier alpha value is -1.55. The Balaban J connectivity index is 1.81. The summed E-state index contributed by atoms with van der Waals surface area (Å²) in [6, 6.07) is 7.91. The lowest BCUT2D eigenvalue weighted by atomic mass is 10.0. The normalized spacial score (nSPS) is 22.2. The van der Waals surface area contributed by atoms with Crippen molar-refractivity contribution in [1.29, 1.82) is 0 Å². The van der Waals surface area contributed by atoms with Crippen LogP contribution < -0.4 is 15.8 Å². The van der Waals surface area contributed by atoms with Crippen molar-refractivity contribution in [2.45, 2.75) is 31.7 Å². The molecule has 0 aliphatic heterocycles. The number of hydrogen-bond acceptors (Lipinski definition) is 3. The van der Waals surface area contributed by atoms with Crippen molar-refractivity contribution in [3.8, 4) is 5.75 Å². The second kappa shape index (κ2) is 6.57. The second-order valence-electron chi connectivity index (χ2n) is 5.05. The molecule has 19 heavy (non-hydrogen) atoms. The number of benzene rings is 1. The minimum Gasteiger partial charge on any atom is -0.496 e. The third kappa shape index (κ3) is 3.47. The van der Waals surface area contributed by atoms with E-state index in [2.05, 4.69) is 5.32 Å². The number of hydrogen-bond donors (Lipinski definition) is 2. The van der Waals surface area contributed by atoms with E-state index in [9.17, 15) is 4.79 Å². The first-order valence-electron chi connectivity index (χ1n) is 6.87. The molecule has 2 unspecified atom stereocenters. The SMILES string of the molecule is COc1ccccc1CCNC(=O)C1CCCC1N. The highest BCUT2D eigenvalue weighted by Gasteiger charge is 2.29. The number of carbonyl (C=O) groups is 1. The Labute approximate surface area is 114 Å². The molecule has 0 spiro atoms. The Bertz CT molecular complexity index is 434. The molecule has 1 aliphatic carbocycles. The van der Waals surface area contributed by atoms with Crippen molar-refractivity contribution in [3.05, 3.63) is 29.8 Å². The summed E-state index contributed by atoms with van der Waals surface area (Å²) in [4.78, 5) is 12.0. The molecule has 0 heterocycles. The second-order valence-corrected chi connectivity index (χ2v) is 5.05. The quantitative estimate of drug-likeness (QED) is 0.845. The number of para-hydroxylation sites is 1. The van der Waals surface area contributed by atoms with Crippen LogP contribution >= 0.6 is 0 Å².